The lowest BCUT2D eigenvalue weighted by molar-refractivity contribution is 0.804. The van der Waals surface area contributed by atoms with Crippen molar-refractivity contribution in [1.82, 2.24) is 15.0 Å². The highest BCUT2D eigenvalue weighted by atomic mass is 15.2. The van der Waals surface area contributed by atoms with Crippen molar-refractivity contribution in [3.63, 3.8) is 0 Å². The van der Waals surface area contributed by atoms with Crippen molar-refractivity contribution >= 4 is 11.6 Å². The standard InChI is InChI=1S/C20H23N5/c1-3-25(15-17-8-5-4-6-9-17)20-12-19(23-16(2)24-20)22-14-18-10-7-11-21-13-18/h4-13H,3,14-15H2,1-2H3,(H,22,23,24). The second-order valence-electron chi connectivity index (χ2n) is 5.87. The fourth-order valence-corrected chi connectivity index (χ4v) is 2.66. The summed E-state index contributed by atoms with van der Waals surface area (Å²) in [5.74, 6) is 2.53. The van der Waals surface area contributed by atoms with Crippen molar-refractivity contribution < 1.29 is 0 Å². The topological polar surface area (TPSA) is 53.9 Å². The summed E-state index contributed by atoms with van der Waals surface area (Å²) >= 11 is 0. The van der Waals surface area contributed by atoms with E-state index < -0.39 is 0 Å². The van der Waals surface area contributed by atoms with Crippen LogP contribution in [-0.2, 0) is 13.1 Å². The highest BCUT2D eigenvalue weighted by molar-refractivity contribution is 5.50. The van der Waals surface area contributed by atoms with E-state index in [1.807, 2.05) is 37.4 Å². The van der Waals surface area contributed by atoms with Crippen molar-refractivity contribution in [1.29, 1.82) is 0 Å². The van der Waals surface area contributed by atoms with E-state index in [1.54, 1.807) is 6.20 Å². The van der Waals surface area contributed by atoms with Crippen molar-refractivity contribution in [2.75, 3.05) is 16.8 Å². The van der Waals surface area contributed by atoms with Gasteiger partial charge in [0.2, 0.25) is 0 Å². The lowest BCUT2D eigenvalue weighted by Crippen LogP contribution is -2.23. The van der Waals surface area contributed by atoms with E-state index in [4.69, 9.17) is 0 Å². The van der Waals surface area contributed by atoms with E-state index in [9.17, 15) is 0 Å². The highest BCUT2D eigenvalue weighted by Gasteiger charge is 2.10. The third-order valence-corrected chi connectivity index (χ3v) is 3.94. The third kappa shape index (κ3) is 4.76. The quantitative estimate of drug-likeness (QED) is 0.712. The molecular weight excluding hydrogens is 310 g/mol. The number of nitrogens with one attached hydrogen (secondary N) is 1. The Balaban J connectivity index is 1.75. The highest BCUT2D eigenvalue weighted by Crippen LogP contribution is 2.19. The molecule has 0 fully saturated rings. The Hall–Kier alpha value is -2.95. The summed E-state index contributed by atoms with van der Waals surface area (Å²) in [5, 5.41) is 3.37. The molecule has 128 valence electrons. The molecule has 5 heteroatoms. The van der Waals surface area contributed by atoms with Crippen LogP contribution in [0, 0.1) is 6.92 Å². The SMILES string of the molecule is CCN(Cc1ccccc1)c1cc(NCc2cccnc2)nc(C)n1. The smallest absolute Gasteiger partial charge is 0.134 e. The van der Waals surface area contributed by atoms with Crippen LogP contribution in [-0.4, -0.2) is 21.5 Å². The van der Waals surface area contributed by atoms with Gasteiger partial charge in [-0.05, 0) is 31.0 Å². The minimum Gasteiger partial charge on any atom is -0.366 e. The van der Waals surface area contributed by atoms with E-state index in [0.29, 0.717) is 6.54 Å². The van der Waals surface area contributed by atoms with Gasteiger partial charge in [0.05, 0.1) is 0 Å². The van der Waals surface area contributed by atoms with Crippen LogP contribution in [0.5, 0.6) is 0 Å². The summed E-state index contributed by atoms with van der Waals surface area (Å²) in [5.41, 5.74) is 2.39. The number of aromatic nitrogens is 3. The molecule has 0 aliphatic heterocycles. The predicted molar refractivity (Wildman–Crippen MR) is 101 cm³/mol. The Morgan fingerprint density at radius 3 is 2.52 bits per heavy atom. The van der Waals surface area contributed by atoms with Crippen molar-refractivity contribution in [2.24, 2.45) is 0 Å². The first-order chi connectivity index (χ1) is 12.2. The Morgan fingerprint density at radius 1 is 1.00 bits per heavy atom. The molecule has 0 amide bonds. The van der Waals surface area contributed by atoms with Gasteiger partial charge >= 0.3 is 0 Å². The zero-order valence-electron chi connectivity index (χ0n) is 14.7. The molecule has 0 radical (unpaired) electrons. The Labute approximate surface area is 148 Å². The third-order valence-electron chi connectivity index (χ3n) is 3.94. The molecule has 2 aromatic heterocycles. The first kappa shape index (κ1) is 16.9. The minimum absolute atomic E-state index is 0.689. The summed E-state index contributed by atoms with van der Waals surface area (Å²) < 4.78 is 0. The van der Waals surface area contributed by atoms with Gasteiger partial charge in [-0.1, -0.05) is 36.4 Å². The molecular formula is C20H23N5. The van der Waals surface area contributed by atoms with Gasteiger partial charge in [0, 0.05) is 38.1 Å². The Morgan fingerprint density at radius 2 is 1.80 bits per heavy atom. The van der Waals surface area contributed by atoms with E-state index in [2.05, 4.69) is 56.4 Å². The van der Waals surface area contributed by atoms with Gasteiger partial charge in [-0.3, -0.25) is 4.98 Å². The molecule has 0 spiro atoms. The maximum Gasteiger partial charge on any atom is 0.134 e. The fraction of sp³-hybridized carbons (Fsp3) is 0.250. The molecule has 3 rings (SSSR count). The van der Waals surface area contributed by atoms with Crippen LogP contribution < -0.4 is 10.2 Å². The average molecular weight is 333 g/mol. The zero-order chi connectivity index (χ0) is 17.5. The molecule has 25 heavy (non-hydrogen) atoms. The van der Waals surface area contributed by atoms with E-state index in [-0.39, 0.29) is 0 Å². The summed E-state index contributed by atoms with van der Waals surface area (Å²) in [7, 11) is 0. The van der Waals surface area contributed by atoms with Crippen molar-refractivity contribution in [3.8, 4) is 0 Å². The van der Waals surface area contributed by atoms with Crippen LogP contribution in [0.15, 0.2) is 60.9 Å². The van der Waals surface area contributed by atoms with Crippen LogP contribution >= 0.6 is 0 Å². The van der Waals surface area contributed by atoms with Crippen molar-refractivity contribution in [2.45, 2.75) is 26.9 Å². The van der Waals surface area contributed by atoms with Crippen LogP contribution in [0.1, 0.15) is 23.9 Å². The van der Waals surface area contributed by atoms with E-state index >= 15 is 0 Å². The van der Waals surface area contributed by atoms with Crippen LogP contribution in [0.4, 0.5) is 11.6 Å². The number of nitrogens with zero attached hydrogens (tertiary/aromatic N) is 4. The van der Waals surface area contributed by atoms with Crippen LogP contribution in [0.25, 0.3) is 0 Å². The van der Waals surface area contributed by atoms with Gasteiger partial charge in [0.25, 0.3) is 0 Å². The molecule has 1 aromatic carbocycles. The summed E-state index contributed by atoms with van der Waals surface area (Å²) in [4.78, 5) is 15.5. The molecule has 0 aliphatic rings. The van der Waals surface area contributed by atoms with Crippen molar-refractivity contribution in [3.05, 3.63) is 77.9 Å². The number of pyridine rings is 1. The number of hydrogen-bond acceptors (Lipinski definition) is 5. The monoisotopic (exact) mass is 333 g/mol. The van der Waals surface area contributed by atoms with Crippen LogP contribution in [0.2, 0.25) is 0 Å². The molecule has 0 bridgehead atoms. The lowest BCUT2D eigenvalue weighted by atomic mass is 10.2. The minimum atomic E-state index is 0.689. The first-order valence-corrected chi connectivity index (χ1v) is 8.52. The number of aryl methyl sites for hydroxylation is 1. The molecule has 3 aromatic rings. The molecule has 0 saturated heterocycles. The van der Waals surface area contributed by atoms with Gasteiger partial charge in [-0.2, -0.15) is 0 Å². The molecule has 1 N–H and O–H groups in total. The summed E-state index contributed by atoms with van der Waals surface area (Å²) in [6, 6.07) is 16.4. The number of rotatable bonds is 7. The van der Waals surface area contributed by atoms with Gasteiger partial charge in [0.1, 0.15) is 17.5 Å². The van der Waals surface area contributed by atoms with E-state index in [0.717, 1.165) is 36.1 Å². The number of benzene rings is 1. The van der Waals surface area contributed by atoms with Gasteiger partial charge in [-0.25, -0.2) is 9.97 Å². The zero-order valence-corrected chi connectivity index (χ0v) is 14.7. The maximum absolute atomic E-state index is 4.62. The average Bonchev–Trinajstić information content (AvgIpc) is 2.66. The Kier molecular flexibility index (Phi) is 5.57. The largest absolute Gasteiger partial charge is 0.366 e. The molecule has 0 aliphatic carbocycles. The second kappa shape index (κ2) is 8.24. The number of hydrogen-bond donors (Lipinski definition) is 1. The summed E-state index contributed by atoms with van der Waals surface area (Å²) in [6.07, 6.45) is 3.63. The number of anilines is 2. The van der Waals surface area contributed by atoms with Crippen LogP contribution in [0.3, 0.4) is 0 Å². The van der Waals surface area contributed by atoms with Gasteiger partial charge in [0.15, 0.2) is 0 Å². The summed E-state index contributed by atoms with van der Waals surface area (Å²) in [6.45, 7) is 6.47. The molecule has 2 heterocycles. The van der Waals surface area contributed by atoms with Gasteiger partial charge in [-0.15, -0.1) is 0 Å². The van der Waals surface area contributed by atoms with E-state index in [1.165, 1.54) is 5.56 Å². The predicted octanol–water partition coefficient (Wildman–Crippen LogP) is 3.82. The van der Waals surface area contributed by atoms with Gasteiger partial charge < -0.3 is 10.2 Å². The molecule has 5 nitrogen and oxygen atoms in total. The fourth-order valence-electron chi connectivity index (χ4n) is 2.66. The molecule has 0 atom stereocenters. The first-order valence-electron chi connectivity index (χ1n) is 8.52. The maximum atomic E-state index is 4.62. The Bertz CT molecular complexity index is 790. The molecule has 0 unspecified atom stereocenters. The normalized spacial score (nSPS) is 10.5. The molecule has 0 saturated carbocycles. The lowest BCUT2D eigenvalue weighted by Gasteiger charge is -2.23. The second-order valence-corrected chi connectivity index (χ2v) is 5.87.